The fourth-order valence-electron chi connectivity index (χ4n) is 1.21. The molecule has 88 valence electrons. The van der Waals surface area contributed by atoms with Crippen molar-refractivity contribution in [3.63, 3.8) is 0 Å². The molecule has 0 aliphatic rings. The van der Waals surface area contributed by atoms with Crippen LogP contribution in [0.25, 0.3) is 0 Å². The summed E-state index contributed by atoms with van der Waals surface area (Å²) >= 11 is 2.19. The lowest BCUT2D eigenvalue weighted by Gasteiger charge is -2.15. The average molecular weight is 332 g/mol. The van der Waals surface area contributed by atoms with Crippen LogP contribution in [0.4, 0.5) is 5.69 Å². The predicted octanol–water partition coefficient (Wildman–Crippen LogP) is 2.60. The zero-order valence-corrected chi connectivity index (χ0v) is 11.7. The SMILES string of the molecule is CC(C)C(N)CC(=O)Nc1ccccc1I. The minimum atomic E-state index is -0.0821. The van der Waals surface area contributed by atoms with Crippen LogP contribution in [0.3, 0.4) is 0 Å². The number of nitrogens with one attached hydrogen (secondary N) is 1. The molecule has 1 unspecified atom stereocenters. The number of carbonyl (C=O) groups is 1. The van der Waals surface area contributed by atoms with E-state index in [-0.39, 0.29) is 11.9 Å². The van der Waals surface area contributed by atoms with E-state index in [0.29, 0.717) is 12.3 Å². The van der Waals surface area contributed by atoms with Gasteiger partial charge in [0.15, 0.2) is 0 Å². The van der Waals surface area contributed by atoms with Crippen molar-refractivity contribution in [1.82, 2.24) is 0 Å². The number of rotatable bonds is 4. The molecule has 0 aliphatic heterocycles. The molecule has 0 heterocycles. The molecule has 0 aromatic heterocycles. The van der Waals surface area contributed by atoms with Crippen molar-refractivity contribution < 1.29 is 4.79 Å². The summed E-state index contributed by atoms with van der Waals surface area (Å²) < 4.78 is 1.03. The lowest BCUT2D eigenvalue weighted by molar-refractivity contribution is -0.116. The summed E-state index contributed by atoms with van der Waals surface area (Å²) in [6, 6.07) is 7.61. The van der Waals surface area contributed by atoms with Gasteiger partial charge in [0.25, 0.3) is 0 Å². The van der Waals surface area contributed by atoms with E-state index in [2.05, 4.69) is 27.9 Å². The van der Waals surface area contributed by atoms with Gasteiger partial charge in [-0.05, 0) is 40.6 Å². The Kier molecular flexibility index (Phi) is 5.21. The number of nitrogens with two attached hydrogens (primary N) is 1. The van der Waals surface area contributed by atoms with Gasteiger partial charge in [-0.3, -0.25) is 4.79 Å². The van der Waals surface area contributed by atoms with Gasteiger partial charge in [-0.15, -0.1) is 0 Å². The topological polar surface area (TPSA) is 55.1 Å². The summed E-state index contributed by atoms with van der Waals surface area (Å²) in [6.45, 7) is 4.04. The second-order valence-corrected chi connectivity index (χ2v) is 5.30. The second-order valence-electron chi connectivity index (χ2n) is 4.14. The van der Waals surface area contributed by atoms with Gasteiger partial charge >= 0.3 is 0 Å². The van der Waals surface area contributed by atoms with Crippen molar-refractivity contribution >= 4 is 34.2 Å². The maximum absolute atomic E-state index is 11.7. The first-order valence-corrected chi connectivity index (χ1v) is 6.38. The van der Waals surface area contributed by atoms with Gasteiger partial charge in [0, 0.05) is 16.0 Å². The number of para-hydroxylation sites is 1. The number of hydrogen-bond donors (Lipinski definition) is 2. The van der Waals surface area contributed by atoms with Crippen molar-refractivity contribution in [2.75, 3.05) is 5.32 Å². The van der Waals surface area contributed by atoms with E-state index in [4.69, 9.17) is 5.73 Å². The van der Waals surface area contributed by atoms with Crippen LogP contribution in [0.15, 0.2) is 24.3 Å². The zero-order valence-electron chi connectivity index (χ0n) is 9.53. The molecule has 0 spiro atoms. The quantitative estimate of drug-likeness (QED) is 0.833. The Balaban J connectivity index is 2.55. The Hall–Kier alpha value is -0.620. The first-order chi connectivity index (χ1) is 7.50. The molecule has 1 rings (SSSR count). The summed E-state index contributed by atoms with van der Waals surface area (Å²) in [7, 11) is 0. The van der Waals surface area contributed by atoms with Crippen molar-refractivity contribution in [1.29, 1.82) is 0 Å². The molecule has 3 nitrogen and oxygen atoms in total. The zero-order chi connectivity index (χ0) is 12.1. The highest BCUT2D eigenvalue weighted by Crippen LogP contribution is 2.17. The third kappa shape index (κ3) is 4.09. The maximum Gasteiger partial charge on any atom is 0.225 e. The van der Waals surface area contributed by atoms with E-state index in [0.717, 1.165) is 9.26 Å². The summed E-state index contributed by atoms with van der Waals surface area (Å²) in [5.41, 5.74) is 6.70. The highest BCUT2D eigenvalue weighted by Gasteiger charge is 2.13. The van der Waals surface area contributed by atoms with Gasteiger partial charge in [0.1, 0.15) is 0 Å². The summed E-state index contributed by atoms with van der Waals surface area (Å²) in [5, 5.41) is 2.87. The van der Waals surface area contributed by atoms with Crippen LogP contribution in [0.1, 0.15) is 20.3 Å². The molecule has 16 heavy (non-hydrogen) atoms. The largest absolute Gasteiger partial charge is 0.327 e. The van der Waals surface area contributed by atoms with Gasteiger partial charge < -0.3 is 11.1 Å². The van der Waals surface area contributed by atoms with Gasteiger partial charge in [-0.25, -0.2) is 0 Å². The van der Waals surface area contributed by atoms with Crippen LogP contribution < -0.4 is 11.1 Å². The van der Waals surface area contributed by atoms with E-state index in [9.17, 15) is 4.79 Å². The van der Waals surface area contributed by atoms with Crippen molar-refractivity contribution in [2.45, 2.75) is 26.3 Å². The molecule has 1 aromatic rings. The monoisotopic (exact) mass is 332 g/mol. The molecule has 3 N–H and O–H groups in total. The minimum absolute atomic E-state index is 0.0229. The maximum atomic E-state index is 11.7. The van der Waals surface area contributed by atoms with E-state index < -0.39 is 0 Å². The first kappa shape index (κ1) is 13.4. The Morgan fingerprint density at radius 2 is 2.06 bits per heavy atom. The van der Waals surface area contributed by atoms with Gasteiger partial charge in [0.05, 0.1) is 5.69 Å². The van der Waals surface area contributed by atoms with Crippen molar-refractivity contribution in [2.24, 2.45) is 11.7 Å². The molecule has 1 amide bonds. The fraction of sp³-hybridized carbons (Fsp3) is 0.417. The summed E-state index contributed by atoms with van der Waals surface area (Å²) in [4.78, 5) is 11.7. The standard InChI is InChI=1S/C12H17IN2O/c1-8(2)10(14)7-12(16)15-11-6-4-3-5-9(11)13/h3-6,8,10H,7,14H2,1-2H3,(H,15,16). The van der Waals surface area contributed by atoms with Crippen molar-refractivity contribution in [3.8, 4) is 0 Å². The molecule has 0 bridgehead atoms. The Bertz CT molecular complexity index is 366. The minimum Gasteiger partial charge on any atom is -0.327 e. The molecule has 1 atom stereocenters. The fourth-order valence-corrected chi connectivity index (χ4v) is 1.74. The number of halogens is 1. The van der Waals surface area contributed by atoms with Crippen LogP contribution in [-0.4, -0.2) is 11.9 Å². The number of hydrogen-bond acceptors (Lipinski definition) is 2. The average Bonchev–Trinajstić information content (AvgIpc) is 2.21. The van der Waals surface area contributed by atoms with Gasteiger partial charge in [0.2, 0.25) is 5.91 Å². The molecular formula is C12H17IN2O. The third-order valence-corrected chi connectivity index (χ3v) is 3.37. The third-order valence-electron chi connectivity index (χ3n) is 2.43. The van der Waals surface area contributed by atoms with E-state index in [1.54, 1.807) is 0 Å². The van der Waals surface area contributed by atoms with Crippen LogP contribution in [0.5, 0.6) is 0 Å². The molecule has 0 saturated heterocycles. The molecule has 1 aromatic carbocycles. The highest BCUT2D eigenvalue weighted by molar-refractivity contribution is 14.1. The molecule has 4 heteroatoms. The van der Waals surface area contributed by atoms with E-state index >= 15 is 0 Å². The predicted molar refractivity (Wildman–Crippen MR) is 75.2 cm³/mol. The van der Waals surface area contributed by atoms with Crippen LogP contribution in [0.2, 0.25) is 0 Å². The Morgan fingerprint density at radius 1 is 1.44 bits per heavy atom. The molecule has 0 radical (unpaired) electrons. The smallest absolute Gasteiger partial charge is 0.225 e. The molecule has 0 saturated carbocycles. The van der Waals surface area contributed by atoms with Crippen LogP contribution >= 0.6 is 22.6 Å². The summed E-state index contributed by atoms with van der Waals surface area (Å²) in [6.07, 6.45) is 0.364. The normalized spacial score (nSPS) is 12.6. The molecule has 0 aliphatic carbocycles. The number of amides is 1. The number of benzene rings is 1. The lowest BCUT2D eigenvalue weighted by Crippen LogP contribution is -2.31. The van der Waals surface area contributed by atoms with Crippen LogP contribution in [-0.2, 0) is 4.79 Å². The number of carbonyl (C=O) groups excluding carboxylic acids is 1. The van der Waals surface area contributed by atoms with Gasteiger partial charge in [-0.2, -0.15) is 0 Å². The van der Waals surface area contributed by atoms with Crippen LogP contribution in [0, 0.1) is 9.49 Å². The van der Waals surface area contributed by atoms with Crippen molar-refractivity contribution in [3.05, 3.63) is 27.8 Å². The second kappa shape index (κ2) is 6.20. The first-order valence-electron chi connectivity index (χ1n) is 5.30. The Morgan fingerprint density at radius 3 is 2.62 bits per heavy atom. The molecule has 0 fully saturated rings. The van der Waals surface area contributed by atoms with E-state index in [1.807, 2.05) is 38.1 Å². The Labute approximate surface area is 110 Å². The summed E-state index contributed by atoms with van der Waals surface area (Å²) in [5.74, 6) is 0.297. The highest BCUT2D eigenvalue weighted by atomic mass is 127. The lowest BCUT2D eigenvalue weighted by atomic mass is 10.0. The van der Waals surface area contributed by atoms with E-state index in [1.165, 1.54) is 0 Å². The van der Waals surface area contributed by atoms with Gasteiger partial charge in [-0.1, -0.05) is 26.0 Å². The number of anilines is 1. The molecular weight excluding hydrogens is 315 g/mol.